The second-order valence-electron chi connectivity index (χ2n) is 7.53. The van der Waals surface area contributed by atoms with Gasteiger partial charge in [0.1, 0.15) is 5.82 Å². The minimum absolute atomic E-state index is 0.00807. The van der Waals surface area contributed by atoms with Crippen LogP contribution < -0.4 is 5.32 Å². The number of aromatic nitrogens is 4. The topological polar surface area (TPSA) is 78.0 Å². The molecule has 0 aliphatic carbocycles. The van der Waals surface area contributed by atoms with Gasteiger partial charge >= 0.3 is 0 Å². The van der Waals surface area contributed by atoms with E-state index in [-0.39, 0.29) is 12.0 Å². The van der Waals surface area contributed by atoms with E-state index in [4.69, 9.17) is 14.2 Å². The molecule has 4 rings (SSSR count). The van der Waals surface area contributed by atoms with Crippen molar-refractivity contribution in [2.45, 2.75) is 45.2 Å². The Morgan fingerprint density at radius 1 is 1.19 bits per heavy atom. The van der Waals surface area contributed by atoms with Gasteiger partial charge in [-0.05, 0) is 30.9 Å². The molecule has 27 heavy (non-hydrogen) atoms. The van der Waals surface area contributed by atoms with E-state index in [1.54, 1.807) is 0 Å². The molecule has 0 radical (unpaired) electrons. The third kappa shape index (κ3) is 3.75. The van der Waals surface area contributed by atoms with Crippen LogP contribution in [0.2, 0.25) is 0 Å². The SMILES string of the molecule is CC(C)c1noc(C(NCc2nc3ccccc3n2C)C2CCOCC2)n1. The molecule has 2 aromatic heterocycles. The molecule has 0 saturated carbocycles. The van der Waals surface area contributed by atoms with E-state index in [0.717, 1.165) is 48.7 Å². The van der Waals surface area contributed by atoms with Crippen LogP contribution in [0.1, 0.15) is 56.2 Å². The molecule has 3 aromatic rings. The quantitative estimate of drug-likeness (QED) is 0.718. The van der Waals surface area contributed by atoms with Gasteiger partial charge < -0.3 is 13.8 Å². The molecule has 0 bridgehead atoms. The second-order valence-corrected chi connectivity index (χ2v) is 7.53. The van der Waals surface area contributed by atoms with Gasteiger partial charge in [0.05, 0.1) is 23.6 Å². The molecule has 3 heterocycles. The summed E-state index contributed by atoms with van der Waals surface area (Å²) >= 11 is 0. The summed E-state index contributed by atoms with van der Waals surface area (Å²) in [5, 5.41) is 7.80. The molecule has 0 amide bonds. The lowest BCUT2D eigenvalue weighted by atomic mass is 9.91. The van der Waals surface area contributed by atoms with Crippen LogP contribution in [0.3, 0.4) is 0 Å². The maximum atomic E-state index is 5.63. The molecular formula is C20H27N5O2. The number of hydrogen-bond acceptors (Lipinski definition) is 6. The summed E-state index contributed by atoms with van der Waals surface area (Å²) in [7, 11) is 2.05. The molecule has 1 fully saturated rings. The van der Waals surface area contributed by atoms with Gasteiger partial charge in [0.25, 0.3) is 0 Å². The smallest absolute Gasteiger partial charge is 0.244 e. The summed E-state index contributed by atoms with van der Waals surface area (Å²) < 4.78 is 13.3. The summed E-state index contributed by atoms with van der Waals surface area (Å²) in [5.41, 5.74) is 2.15. The number of imidazole rings is 1. The zero-order valence-corrected chi connectivity index (χ0v) is 16.2. The molecule has 1 saturated heterocycles. The van der Waals surface area contributed by atoms with Crippen molar-refractivity contribution in [3.05, 3.63) is 41.8 Å². The largest absolute Gasteiger partial charge is 0.381 e. The number of benzene rings is 1. The first-order chi connectivity index (χ1) is 13.1. The van der Waals surface area contributed by atoms with Gasteiger partial charge in [-0.15, -0.1) is 0 Å². The number of aryl methyl sites for hydroxylation is 1. The predicted octanol–water partition coefficient (Wildman–Crippen LogP) is 3.34. The van der Waals surface area contributed by atoms with Gasteiger partial charge in [0.15, 0.2) is 5.82 Å². The highest BCUT2D eigenvalue weighted by Crippen LogP contribution is 2.30. The van der Waals surface area contributed by atoms with E-state index >= 15 is 0 Å². The molecule has 1 aromatic carbocycles. The number of ether oxygens (including phenoxy) is 1. The summed E-state index contributed by atoms with van der Waals surface area (Å²) in [6.07, 6.45) is 1.97. The van der Waals surface area contributed by atoms with Gasteiger partial charge in [-0.25, -0.2) is 4.98 Å². The monoisotopic (exact) mass is 369 g/mol. The van der Waals surface area contributed by atoms with E-state index in [1.165, 1.54) is 0 Å². The van der Waals surface area contributed by atoms with Crippen molar-refractivity contribution < 1.29 is 9.26 Å². The summed E-state index contributed by atoms with van der Waals surface area (Å²) in [6.45, 7) is 6.35. The standard InChI is InChI=1S/C20H27N5O2/c1-13(2)19-23-20(27-24-19)18(14-8-10-26-11-9-14)21-12-17-22-15-6-4-5-7-16(15)25(17)3/h4-7,13-14,18,21H,8-12H2,1-3H3. The van der Waals surface area contributed by atoms with Crippen molar-refractivity contribution in [3.8, 4) is 0 Å². The Bertz CT molecular complexity index is 895. The minimum Gasteiger partial charge on any atom is -0.381 e. The highest BCUT2D eigenvalue weighted by molar-refractivity contribution is 5.75. The van der Waals surface area contributed by atoms with Crippen molar-refractivity contribution in [2.75, 3.05) is 13.2 Å². The van der Waals surface area contributed by atoms with Crippen molar-refractivity contribution in [3.63, 3.8) is 0 Å². The molecule has 144 valence electrons. The number of fused-ring (bicyclic) bond motifs is 1. The van der Waals surface area contributed by atoms with Crippen LogP contribution in [0, 0.1) is 5.92 Å². The first-order valence-electron chi connectivity index (χ1n) is 9.68. The van der Waals surface area contributed by atoms with Crippen molar-refractivity contribution in [1.82, 2.24) is 25.0 Å². The lowest BCUT2D eigenvalue weighted by Gasteiger charge is -2.28. The average molecular weight is 369 g/mol. The normalized spacial score (nSPS) is 17.0. The number of rotatable bonds is 6. The first-order valence-corrected chi connectivity index (χ1v) is 9.68. The number of nitrogens with one attached hydrogen (secondary N) is 1. The molecule has 1 atom stereocenters. The number of para-hydroxylation sites is 2. The maximum Gasteiger partial charge on any atom is 0.244 e. The van der Waals surface area contributed by atoms with Gasteiger partial charge in [-0.1, -0.05) is 31.1 Å². The number of nitrogens with zero attached hydrogens (tertiary/aromatic N) is 4. The van der Waals surface area contributed by atoms with Crippen LogP contribution >= 0.6 is 0 Å². The van der Waals surface area contributed by atoms with E-state index in [9.17, 15) is 0 Å². The highest BCUT2D eigenvalue weighted by Gasteiger charge is 2.30. The molecule has 0 spiro atoms. The van der Waals surface area contributed by atoms with Crippen LogP contribution in [-0.4, -0.2) is 32.9 Å². The summed E-state index contributed by atoms with van der Waals surface area (Å²) in [4.78, 5) is 9.42. The maximum absolute atomic E-state index is 5.63. The van der Waals surface area contributed by atoms with Crippen LogP contribution in [0.25, 0.3) is 11.0 Å². The minimum atomic E-state index is 0.00807. The second kappa shape index (κ2) is 7.78. The van der Waals surface area contributed by atoms with Crippen LogP contribution in [0.15, 0.2) is 28.8 Å². The Kier molecular flexibility index (Phi) is 5.22. The van der Waals surface area contributed by atoms with E-state index in [2.05, 4.69) is 47.0 Å². The van der Waals surface area contributed by atoms with Crippen molar-refractivity contribution in [2.24, 2.45) is 13.0 Å². The zero-order chi connectivity index (χ0) is 18.8. The van der Waals surface area contributed by atoms with E-state index in [1.807, 2.05) is 18.2 Å². The lowest BCUT2D eigenvalue weighted by molar-refractivity contribution is 0.0484. The molecule has 1 N–H and O–H groups in total. The Labute approximate surface area is 159 Å². The predicted molar refractivity (Wildman–Crippen MR) is 102 cm³/mol. The summed E-state index contributed by atoms with van der Waals surface area (Å²) in [5.74, 6) is 3.08. The lowest BCUT2D eigenvalue weighted by Crippen LogP contribution is -2.32. The molecular weight excluding hydrogens is 342 g/mol. The van der Waals surface area contributed by atoms with Crippen molar-refractivity contribution in [1.29, 1.82) is 0 Å². The average Bonchev–Trinajstić information content (AvgIpc) is 3.29. The molecule has 7 nitrogen and oxygen atoms in total. The van der Waals surface area contributed by atoms with Gasteiger partial charge in [0, 0.05) is 26.2 Å². The first kappa shape index (κ1) is 18.1. The third-order valence-corrected chi connectivity index (χ3v) is 5.34. The highest BCUT2D eigenvalue weighted by atomic mass is 16.5. The molecule has 1 aliphatic heterocycles. The fourth-order valence-corrected chi connectivity index (χ4v) is 3.67. The Balaban J connectivity index is 1.57. The van der Waals surface area contributed by atoms with Gasteiger partial charge in [-0.2, -0.15) is 4.98 Å². The van der Waals surface area contributed by atoms with Crippen LogP contribution in [-0.2, 0) is 18.3 Å². The Hall–Kier alpha value is -2.25. The molecule has 1 aliphatic rings. The van der Waals surface area contributed by atoms with Crippen molar-refractivity contribution >= 4 is 11.0 Å². The molecule has 7 heteroatoms. The zero-order valence-electron chi connectivity index (χ0n) is 16.2. The van der Waals surface area contributed by atoms with Crippen LogP contribution in [0.4, 0.5) is 0 Å². The van der Waals surface area contributed by atoms with Crippen LogP contribution in [0.5, 0.6) is 0 Å². The Morgan fingerprint density at radius 2 is 1.96 bits per heavy atom. The fraction of sp³-hybridized carbons (Fsp3) is 0.550. The van der Waals surface area contributed by atoms with E-state index < -0.39 is 0 Å². The third-order valence-electron chi connectivity index (χ3n) is 5.34. The van der Waals surface area contributed by atoms with Gasteiger partial charge in [-0.3, -0.25) is 5.32 Å². The Morgan fingerprint density at radius 3 is 2.67 bits per heavy atom. The number of hydrogen-bond donors (Lipinski definition) is 1. The van der Waals surface area contributed by atoms with E-state index in [0.29, 0.717) is 18.4 Å². The molecule has 1 unspecified atom stereocenters. The van der Waals surface area contributed by atoms with Gasteiger partial charge in [0.2, 0.25) is 5.89 Å². The fourth-order valence-electron chi connectivity index (χ4n) is 3.67. The summed E-state index contributed by atoms with van der Waals surface area (Å²) in [6, 6.07) is 8.20.